The molecule has 1 fully saturated rings. The molecule has 1 aliphatic carbocycles. The highest BCUT2D eigenvalue weighted by Gasteiger charge is 2.28. The maximum Gasteiger partial charge on any atom is 0.326 e. The smallest absolute Gasteiger partial charge is 0.326 e. The summed E-state index contributed by atoms with van der Waals surface area (Å²) in [5, 5.41) is 9.14. The van der Waals surface area contributed by atoms with Crippen molar-refractivity contribution in [2.45, 2.75) is 44.7 Å². The third-order valence-electron chi connectivity index (χ3n) is 5.48. The zero-order valence-corrected chi connectivity index (χ0v) is 15.6. The number of aryl methyl sites for hydroxylation is 1. The molecule has 5 rings (SSSR count). The van der Waals surface area contributed by atoms with E-state index in [2.05, 4.69) is 20.6 Å². The molecule has 3 aromatic heterocycles. The van der Waals surface area contributed by atoms with Crippen LogP contribution in [0.25, 0.3) is 22.1 Å². The number of nitrogens with one attached hydrogen (secondary N) is 1. The van der Waals surface area contributed by atoms with Gasteiger partial charge in [0.15, 0.2) is 0 Å². The predicted molar refractivity (Wildman–Crippen MR) is 107 cm³/mol. The van der Waals surface area contributed by atoms with Gasteiger partial charge in [0.25, 0.3) is 0 Å². The van der Waals surface area contributed by atoms with E-state index in [1.165, 1.54) is 0 Å². The number of H-pyrrole nitrogens is 1. The lowest BCUT2D eigenvalue weighted by molar-refractivity contribution is 0.281. The SMILES string of the molecule is O=c1[nH]c2c(Cc3nc4ccccc4n3CCCCO)nccc2n1C1CC1. The summed E-state index contributed by atoms with van der Waals surface area (Å²) in [6.07, 6.45) is 6.10. The Morgan fingerprint density at radius 3 is 2.82 bits per heavy atom. The minimum Gasteiger partial charge on any atom is -0.396 e. The number of aliphatic hydroxyl groups is 1. The maximum absolute atomic E-state index is 12.4. The fraction of sp³-hybridized carbons (Fsp3) is 0.381. The molecule has 1 aromatic carbocycles. The molecule has 0 amide bonds. The number of fused-ring (bicyclic) bond motifs is 2. The number of unbranched alkanes of at least 4 members (excludes halogenated alkanes) is 1. The summed E-state index contributed by atoms with van der Waals surface area (Å²) in [5.41, 5.74) is 4.58. The molecule has 2 N–H and O–H groups in total. The third kappa shape index (κ3) is 2.92. The van der Waals surface area contributed by atoms with Crippen LogP contribution in [-0.4, -0.2) is 35.8 Å². The number of aromatic nitrogens is 5. The van der Waals surface area contributed by atoms with Gasteiger partial charge in [-0.3, -0.25) is 9.55 Å². The molecule has 0 spiro atoms. The van der Waals surface area contributed by atoms with Crippen molar-refractivity contribution in [1.82, 2.24) is 24.1 Å². The number of rotatable bonds is 7. The van der Waals surface area contributed by atoms with Gasteiger partial charge < -0.3 is 14.7 Å². The lowest BCUT2D eigenvalue weighted by Crippen LogP contribution is -2.14. The Kier molecular flexibility index (Phi) is 4.24. The van der Waals surface area contributed by atoms with Gasteiger partial charge in [0.1, 0.15) is 5.82 Å². The van der Waals surface area contributed by atoms with Gasteiger partial charge in [0.2, 0.25) is 0 Å². The number of aliphatic hydroxyl groups excluding tert-OH is 1. The topological polar surface area (TPSA) is 88.7 Å². The highest BCUT2D eigenvalue weighted by Crippen LogP contribution is 2.36. The molecule has 0 aliphatic heterocycles. The van der Waals surface area contributed by atoms with E-state index < -0.39 is 0 Å². The Hall–Kier alpha value is -2.93. The van der Waals surface area contributed by atoms with E-state index in [4.69, 9.17) is 10.1 Å². The second-order valence-electron chi connectivity index (χ2n) is 7.46. The first kappa shape index (κ1) is 17.2. The second kappa shape index (κ2) is 6.91. The van der Waals surface area contributed by atoms with Crippen LogP contribution in [0.5, 0.6) is 0 Å². The van der Waals surface area contributed by atoms with E-state index in [1.807, 2.05) is 28.8 Å². The Balaban J connectivity index is 1.57. The zero-order valence-electron chi connectivity index (χ0n) is 15.6. The summed E-state index contributed by atoms with van der Waals surface area (Å²) in [4.78, 5) is 24.9. The van der Waals surface area contributed by atoms with Gasteiger partial charge in [-0.2, -0.15) is 0 Å². The van der Waals surface area contributed by atoms with E-state index in [0.29, 0.717) is 12.5 Å². The van der Waals surface area contributed by atoms with E-state index in [0.717, 1.165) is 65.8 Å². The zero-order chi connectivity index (χ0) is 19.1. The van der Waals surface area contributed by atoms with Crippen LogP contribution in [0.2, 0.25) is 0 Å². The minimum absolute atomic E-state index is 0.0526. The Bertz CT molecular complexity index is 1200. The predicted octanol–water partition coefficient (Wildman–Crippen LogP) is 2.77. The average molecular weight is 377 g/mol. The number of hydrogen-bond donors (Lipinski definition) is 2. The molecule has 0 saturated heterocycles. The number of para-hydroxylation sites is 2. The van der Waals surface area contributed by atoms with Crippen molar-refractivity contribution >= 4 is 22.1 Å². The highest BCUT2D eigenvalue weighted by molar-refractivity contribution is 5.79. The Labute approximate surface area is 161 Å². The number of aromatic amines is 1. The second-order valence-corrected chi connectivity index (χ2v) is 7.46. The van der Waals surface area contributed by atoms with Crippen molar-refractivity contribution in [3.05, 3.63) is 58.5 Å². The first-order chi connectivity index (χ1) is 13.8. The lowest BCUT2D eigenvalue weighted by atomic mass is 10.2. The van der Waals surface area contributed by atoms with Crippen LogP contribution >= 0.6 is 0 Å². The quantitative estimate of drug-likeness (QED) is 0.485. The first-order valence-electron chi connectivity index (χ1n) is 9.89. The normalized spacial score (nSPS) is 14.3. The Morgan fingerprint density at radius 2 is 2.00 bits per heavy atom. The number of imidazole rings is 2. The maximum atomic E-state index is 12.4. The molecule has 0 bridgehead atoms. The molecule has 1 saturated carbocycles. The molecule has 0 radical (unpaired) electrons. The lowest BCUT2D eigenvalue weighted by Gasteiger charge is -2.09. The molecular formula is C21H23N5O2. The average Bonchev–Trinajstić information content (AvgIpc) is 3.39. The van der Waals surface area contributed by atoms with E-state index in [9.17, 15) is 4.79 Å². The van der Waals surface area contributed by atoms with Crippen molar-refractivity contribution in [3.63, 3.8) is 0 Å². The molecule has 144 valence electrons. The van der Waals surface area contributed by atoms with Crippen LogP contribution in [0.15, 0.2) is 41.3 Å². The molecule has 3 heterocycles. The van der Waals surface area contributed by atoms with Crippen LogP contribution in [0.3, 0.4) is 0 Å². The molecule has 7 heteroatoms. The fourth-order valence-electron chi connectivity index (χ4n) is 3.98. The van der Waals surface area contributed by atoms with Crippen molar-refractivity contribution in [1.29, 1.82) is 0 Å². The van der Waals surface area contributed by atoms with Gasteiger partial charge in [0.05, 0.1) is 34.2 Å². The summed E-state index contributed by atoms with van der Waals surface area (Å²) in [6.45, 7) is 0.991. The molecule has 4 aromatic rings. The van der Waals surface area contributed by atoms with Crippen LogP contribution in [-0.2, 0) is 13.0 Å². The number of nitrogens with zero attached hydrogens (tertiary/aromatic N) is 4. The van der Waals surface area contributed by atoms with Crippen LogP contribution in [0.1, 0.15) is 43.2 Å². The highest BCUT2D eigenvalue weighted by atomic mass is 16.2. The van der Waals surface area contributed by atoms with Gasteiger partial charge in [0, 0.05) is 25.4 Å². The summed E-state index contributed by atoms with van der Waals surface area (Å²) in [5.74, 6) is 0.930. The molecule has 1 aliphatic rings. The van der Waals surface area contributed by atoms with Gasteiger partial charge in [-0.05, 0) is 43.9 Å². The minimum atomic E-state index is -0.0526. The summed E-state index contributed by atoms with van der Waals surface area (Å²) in [7, 11) is 0. The fourth-order valence-corrected chi connectivity index (χ4v) is 3.98. The van der Waals surface area contributed by atoms with Crippen LogP contribution < -0.4 is 5.69 Å². The third-order valence-corrected chi connectivity index (χ3v) is 5.48. The summed E-state index contributed by atoms with van der Waals surface area (Å²) < 4.78 is 4.08. The van der Waals surface area contributed by atoms with Gasteiger partial charge in [-0.1, -0.05) is 12.1 Å². The van der Waals surface area contributed by atoms with Gasteiger partial charge in [-0.25, -0.2) is 9.78 Å². The molecule has 7 nitrogen and oxygen atoms in total. The molecule has 0 atom stereocenters. The largest absolute Gasteiger partial charge is 0.396 e. The molecule has 28 heavy (non-hydrogen) atoms. The van der Waals surface area contributed by atoms with Crippen LogP contribution in [0, 0.1) is 0 Å². The number of benzene rings is 1. The van der Waals surface area contributed by atoms with Crippen molar-refractivity contribution in [2.24, 2.45) is 0 Å². The van der Waals surface area contributed by atoms with Gasteiger partial charge in [-0.15, -0.1) is 0 Å². The Morgan fingerprint density at radius 1 is 1.14 bits per heavy atom. The first-order valence-corrected chi connectivity index (χ1v) is 9.89. The van der Waals surface area contributed by atoms with E-state index >= 15 is 0 Å². The number of hydrogen-bond acceptors (Lipinski definition) is 4. The molecule has 0 unspecified atom stereocenters. The van der Waals surface area contributed by atoms with Crippen molar-refractivity contribution in [2.75, 3.05) is 6.61 Å². The van der Waals surface area contributed by atoms with E-state index in [-0.39, 0.29) is 12.3 Å². The molecular weight excluding hydrogens is 354 g/mol. The summed E-state index contributed by atoms with van der Waals surface area (Å²) >= 11 is 0. The standard InChI is InChI=1S/C21H23N5O2/c27-12-4-3-11-25-17-6-2-1-5-15(17)23-19(25)13-16-20-18(9-10-22-16)26(14-7-8-14)21(28)24-20/h1-2,5-6,9-10,14,27H,3-4,7-8,11-13H2,(H,24,28). The monoisotopic (exact) mass is 377 g/mol. The summed E-state index contributed by atoms with van der Waals surface area (Å²) in [6, 6.07) is 10.3. The van der Waals surface area contributed by atoms with Gasteiger partial charge >= 0.3 is 5.69 Å². The van der Waals surface area contributed by atoms with Crippen molar-refractivity contribution in [3.8, 4) is 0 Å². The van der Waals surface area contributed by atoms with Crippen LogP contribution in [0.4, 0.5) is 0 Å². The number of pyridine rings is 1. The van der Waals surface area contributed by atoms with E-state index in [1.54, 1.807) is 6.20 Å². The van der Waals surface area contributed by atoms with Crippen molar-refractivity contribution < 1.29 is 5.11 Å².